The Kier molecular flexibility index (Phi) is 5.66. The molecule has 1 amide bonds. The van der Waals surface area contributed by atoms with Gasteiger partial charge in [-0.1, -0.05) is 25.1 Å². The van der Waals surface area contributed by atoms with Crippen LogP contribution in [0.2, 0.25) is 0 Å². The first kappa shape index (κ1) is 17.4. The van der Waals surface area contributed by atoms with E-state index in [0.29, 0.717) is 18.8 Å². The Balaban J connectivity index is 1.79. The molecule has 5 heteroatoms. The Morgan fingerprint density at radius 1 is 1.24 bits per heavy atom. The van der Waals surface area contributed by atoms with Gasteiger partial charge < -0.3 is 15.0 Å². The highest BCUT2D eigenvalue weighted by molar-refractivity contribution is 6.00. The number of morpholine rings is 1. The van der Waals surface area contributed by atoms with E-state index in [9.17, 15) is 4.79 Å². The third-order valence-electron chi connectivity index (χ3n) is 4.51. The number of pyridine rings is 1. The molecule has 132 valence electrons. The van der Waals surface area contributed by atoms with Gasteiger partial charge in [-0.2, -0.15) is 0 Å². The lowest BCUT2D eigenvalue weighted by Crippen LogP contribution is -2.38. The number of anilines is 1. The number of rotatable bonds is 5. The van der Waals surface area contributed by atoms with Crippen molar-refractivity contribution in [1.82, 2.24) is 10.3 Å². The zero-order chi connectivity index (χ0) is 17.6. The Bertz CT molecular complexity index is 709. The Morgan fingerprint density at radius 2 is 2.00 bits per heavy atom. The van der Waals surface area contributed by atoms with Crippen LogP contribution in [0.1, 0.15) is 41.0 Å². The van der Waals surface area contributed by atoms with Gasteiger partial charge in [0.05, 0.1) is 30.5 Å². The van der Waals surface area contributed by atoms with E-state index in [0.717, 1.165) is 36.5 Å². The highest BCUT2D eigenvalue weighted by Crippen LogP contribution is 2.23. The fraction of sp³-hybridized carbons (Fsp3) is 0.400. The molecule has 0 saturated carbocycles. The lowest BCUT2D eigenvalue weighted by atomic mass is 10.1. The molecule has 5 nitrogen and oxygen atoms in total. The predicted octanol–water partition coefficient (Wildman–Crippen LogP) is 3.11. The molecular weight excluding hydrogens is 314 g/mol. The largest absolute Gasteiger partial charge is 0.378 e. The molecule has 25 heavy (non-hydrogen) atoms. The van der Waals surface area contributed by atoms with Crippen LogP contribution in [0.3, 0.4) is 0 Å². The van der Waals surface area contributed by atoms with Gasteiger partial charge in [-0.25, -0.2) is 0 Å². The smallest absolute Gasteiger partial charge is 0.253 e. The zero-order valence-corrected chi connectivity index (χ0v) is 14.9. The van der Waals surface area contributed by atoms with Crippen LogP contribution in [-0.2, 0) is 4.74 Å². The van der Waals surface area contributed by atoms with E-state index in [-0.39, 0.29) is 11.9 Å². The number of nitrogens with one attached hydrogen (secondary N) is 1. The number of para-hydroxylation sites is 1. The normalized spacial score (nSPS) is 15.7. The molecule has 0 aliphatic carbocycles. The first-order valence-corrected chi connectivity index (χ1v) is 8.84. The SMILES string of the molecule is CC[C@@H](NC(=O)c1ccccc1N1CCOCC1)c1ccc(C)cn1. The van der Waals surface area contributed by atoms with Gasteiger partial charge in [-0.15, -0.1) is 0 Å². The fourth-order valence-corrected chi connectivity index (χ4v) is 3.05. The van der Waals surface area contributed by atoms with E-state index in [4.69, 9.17) is 4.74 Å². The number of carbonyl (C=O) groups excluding carboxylic acids is 1. The number of ether oxygens (including phenoxy) is 1. The van der Waals surface area contributed by atoms with Crippen LogP contribution in [-0.4, -0.2) is 37.2 Å². The zero-order valence-electron chi connectivity index (χ0n) is 14.9. The minimum Gasteiger partial charge on any atom is -0.378 e. The summed E-state index contributed by atoms with van der Waals surface area (Å²) in [5.41, 5.74) is 3.68. The van der Waals surface area contributed by atoms with Gasteiger partial charge in [-0.3, -0.25) is 9.78 Å². The van der Waals surface area contributed by atoms with Crippen molar-refractivity contribution in [2.45, 2.75) is 26.3 Å². The van der Waals surface area contributed by atoms with Crippen LogP contribution in [0, 0.1) is 6.92 Å². The number of benzene rings is 1. The van der Waals surface area contributed by atoms with Crippen molar-refractivity contribution in [3.8, 4) is 0 Å². The maximum atomic E-state index is 12.9. The maximum Gasteiger partial charge on any atom is 0.253 e. The quantitative estimate of drug-likeness (QED) is 0.909. The van der Waals surface area contributed by atoms with Crippen LogP contribution in [0.15, 0.2) is 42.6 Å². The number of aryl methyl sites for hydroxylation is 1. The second kappa shape index (κ2) is 8.12. The van der Waals surface area contributed by atoms with E-state index < -0.39 is 0 Å². The van der Waals surface area contributed by atoms with E-state index in [2.05, 4.69) is 22.1 Å². The van der Waals surface area contributed by atoms with Crippen LogP contribution in [0.5, 0.6) is 0 Å². The van der Waals surface area contributed by atoms with Gasteiger partial charge in [0.1, 0.15) is 0 Å². The number of amides is 1. The molecule has 3 rings (SSSR count). The Morgan fingerprint density at radius 3 is 2.68 bits per heavy atom. The van der Waals surface area contributed by atoms with Gasteiger partial charge in [0.25, 0.3) is 5.91 Å². The van der Waals surface area contributed by atoms with Crippen molar-refractivity contribution in [3.63, 3.8) is 0 Å². The predicted molar refractivity (Wildman–Crippen MR) is 98.9 cm³/mol. The standard InChI is InChI=1S/C20H25N3O2/c1-3-17(18-9-8-15(2)14-21-18)22-20(24)16-6-4-5-7-19(16)23-10-12-25-13-11-23/h4-9,14,17H,3,10-13H2,1-2H3,(H,22,24)/t17-/m1/s1. The average molecular weight is 339 g/mol. The van der Waals surface area contributed by atoms with E-state index >= 15 is 0 Å². The van der Waals surface area contributed by atoms with Crippen LogP contribution in [0.25, 0.3) is 0 Å². The number of hydrogen-bond donors (Lipinski definition) is 1. The van der Waals surface area contributed by atoms with Crippen molar-refractivity contribution in [3.05, 3.63) is 59.4 Å². The van der Waals surface area contributed by atoms with Crippen LogP contribution < -0.4 is 10.2 Å². The fourth-order valence-electron chi connectivity index (χ4n) is 3.05. The molecule has 1 saturated heterocycles. The Hall–Kier alpha value is -2.40. The van der Waals surface area contributed by atoms with Crippen molar-refractivity contribution in [1.29, 1.82) is 0 Å². The second-order valence-corrected chi connectivity index (χ2v) is 6.31. The molecule has 1 aliphatic heterocycles. The van der Waals surface area contributed by atoms with Crippen molar-refractivity contribution in [2.24, 2.45) is 0 Å². The van der Waals surface area contributed by atoms with E-state index in [1.807, 2.05) is 49.5 Å². The molecule has 0 spiro atoms. The number of hydrogen-bond acceptors (Lipinski definition) is 4. The Labute approximate surface area is 149 Å². The van der Waals surface area contributed by atoms with Crippen LogP contribution >= 0.6 is 0 Å². The molecule has 2 heterocycles. The topological polar surface area (TPSA) is 54.5 Å². The minimum absolute atomic E-state index is 0.0590. The monoisotopic (exact) mass is 339 g/mol. The highest BCUT2D eigenvalue weighted by atomic mass is 16.5. The molecule has 0 bridgehead atoms. The lowest BCUT2D eigenvalue weighted by molar-refractivity contribution is 0.0933. The first-order chi connectivity index (χ1) is 12.2. The molecular formula is C20H25N3O2. The summed E-state index contributed by atoms with van der Waals surface area (Å²) in [6.45, 7) is 7.07. The van der Waals surface area contributed by atoms with E-state index in [1.54, 1.807) is 0 Å². The summed E-state index contributed by atoms with van der Waals surface area (Å²) < 4.78 is 5.42. The van der Waals surface area contributed by atoms with Gasteiger partial charge in [0.15, 0.2) is 0 Å². The van der Waals surface area contributed by atoms with E-state index in [1.165, 1.54) is 0 Å². The molecule has 2 aromatic rings. The minimum atomic E-state index is -0.0918. The number of aromatic nitrogens is 1. The average Bonchev–Trinajstić information content (AvgIpc) is 2.67. The molecule has 0 unspecified atom stereocenters. The van der Waals surface area contributed by atoms with Gasteiger partial charge >= 0.3 is 0 Å². The maximum absolute atomic E-state index is 12.9. The van der Waals surface area contributed by atoms with Crippen LogP contribution in [0.4, 0.5) is 5.69 Å². The summed E-state index contributed by atoms with van der Waals surface area (Å²) >= 11 is 0. The molecule has 1 atom stereocenters. The van der Waals surface area contributed by atoms with Crippen molar-refractivity contribution < 1.29 is 9.53 Å². The van der Waals surface area contributed by atoms with Gasteiger partial charge in [-0.05, 0) is 37.1 Å². The summed E-state index contributed by atoms with van der Waals surface area (Å²) in [5, 5.41) is 3.14. The number of carbonyl (C=O) groups is 1. The molecule has 0 radical (unpaired) electrons. The molecule has 1 aliphatic rings. The number of nitrogens with zero attached hydrogens (tertiary/aromatic N) is 2. The van der Waals surface area contributed by atoms with Crippen molar-refractivity contribution >= 4 is 11.6 Å². The first-order valence-electron chi connectivity index (χ1n) is 8.84. The van der Waals surface area contributed by atoms with Gasteiger partial charge in [0.2, 0.25) is 0 Å². The lowest BCUT2D eigenvalue weighted by Gasteiger charge is -2.30. The third kappa shape index (κ3) is 4.17. The summed E-state index contributed by atoms with van der Waals surface area (Å²) in [7, 11) is 0. The summed E-state index contributed by atoms with van der Waals surface area (Å²) in [6, 6.07) is 11.7. The summed E-state index contributed by atoms with van der Waals surface area (Å²) in [4.78, 5) is 19.6. The van der Waals surface area contributed by atoms with Gasteiger partial charge in [0, 0.05) is 25.0 Å². The third-order valence-corrected chi connectivity index (χ3v) is 4.51. The second-order valence-electron chi connectivity index (χ2n) is 6.31. The summed E-state index contributed by atoms with van der Waals surface area (Å²) in [6.07, 6.45) is 2.63. The molecule has 1 aromatic heterocycles. The molecule has 1 fully saturated rings. The molecule has 1 N–H and O–H groups in total. The summed E-state index contributed by atoms with van der Waals surface area (Å²) in [5.74, 6) is -0.0590. The highest BCUT2D eigenvalue weighted by Gasteiger charge is 2.21. The van der Waals surface area contributed by atoms with Crippen molar-refractivity contribution in [2.75, 3.05) is 31.2 Å². The molecule has 1 aromatic carbocycles.